The zero-order valence-electron chi connectivity index (χ0n) is 13.7. The predicted molar refractivity (Wildman–Crippen MR) is 86.0 cm³/mol. The summed E-state index contributed by atoms with van der Waals surface area (Å²) in [5.41, 5.74) is 2.31. The predicted octanol–water partition coefficient (Wildman–Crippen LogP) is 2.45. The van der Waals surface area contributed by atoms with Crippen LogP contribution >= 0.6 is 0 Å². The van der Waals surface area contributed by atoms with E-state index in [0.717, 1.165) is 24.2 Å². The molecule has 0 amide bonds. The van der Waals surface area contributed by atoms with E-state index in [1.54, 1.807) is 7.11 Å². The van der Waals surface area contributed by atoms with Gasteiger partial charge in [-0.3, -0.25) is 0 Å². The lowest BCUT2D eigenvalue weighted by atomic mass is 10.1. The molecule has 0 fully saturated rings. The highest BCUT2D eigenvalue weighted by molar-refractivity contribution is 5.35. The molecule has 0 aliphatic carbocycles. The second-order valence-corrected chi connectivity index (χ2v) is 5.58. The summed E-state index contributed by atoms with van der Waals surface area (Å²) in [6.07, 6.45) is 1.61. The van der Waals surface area contributed by atoms with Gasteiger partial charge in [0, 0.05) is 19.7 Å². The van der Waals surface area contributed by atoms with Crippen molar-refractivity contribution >= 4 is 0 Å². The average molecular weight is 295 g/mol. The van der Waals surface area contributed by atoms with Crippen molar-refractivity contribution in [1.82, 2.24) is 5.32 Å². The van der Waals surface area contributed by atoms with Crippen LogP contribution in [0.3, 0.4) is 0 Å². The molecule has 4 nitrogen and oxygen atoms in total. The van der Waals surface area contributed by atoms with Gasteiger partial charge in [-0.1, -0.05) is 31.0 Å². The van der Waals surface area contributed by atoms with Gasteiger partial charge < -0.3 is 19.9 Å². The summed E-state index contributed by atoms with van der Waals surface area (Å²) in [6.45, 7) is 7.69. The molecule has 0 radical (unpaired) electrons. The molecule has 21 heavy (non-hydrogen) atoms. The Morgan fingerprint density at radius 2 is 2.00 bits per heavy atom. The molecule has 0 saturated heterocycles. The molecule has 0 saturated carbocycles. The summed E-state index contributed by atoms with van der Waals surface area (Å²) in [6, 6.07) is 6.34. The Balaban J connectivity index is 2.34. The Kier molecular flexibility index (Phi) is 8.35. The van der Waals surface area contributed by atoms with Crippen LogP contribution < -0.4 is 10.1 Å². The lowest BCUT2D eigenvalue weighted by molar-refractivity contribution is 0.0944. The first-order valence-corrected chi connectivity index (χ1v) is 7.67. The maximum Gasteiger partial charge on any atom is 0.122 e. The van der Waals surface area contributed by atoms with Gasteiger partial charge in [-0.2, -0.15) is 0 Å². The molecule has 2 unspecified atom stereocenters. The van der Waals surface area contributed by atoms with Crippen LogP contribution in [0.4, 0.5) is 0 Å². The number of nitrogens with one attached hydrogen (secondary N) is 1. The third kappa shape index (κ3) is 6.93. The Bertz CT molecular complexity index is 403. The molecule has 1 rings (SSSR count). The van der Waals surface area contributed by atoms with Crippen LogP contribution in [0.15, 0.2) is 18.2 Å². The zero-order chi connectivity index (χ0) is 15.7. The molecule has 0 aliphatic rings. The fraction of sp³-hybridized carbons (Fsp3) is 0.647. The molecule has 0 aliphatic heterocycles. The first kappa shape index (κ1) is 18.0. The first-order valence-electron chi connectivity index (χ1n) is 7.67. The van der Waals surface area contributed by atoms with E-state index < -0.39 is 6.10 Å². The average Bonchev–Trinajstić information content (AvgIpc) is 2.44. The van der Waals surface area contributed by atoms with Gasteiger partial charge in [-0.15, -0.1) is 0 Å². The molecule has 4 heteroatoms. The third-order valence-electron chi connectivity index (χ3n) is 3.41. The van der Waals surface area contributed by atoms with Crippen molar-refractivity contribution in [2.75, 3.05) is 26.9 Å². The van der Waals surface area contributed by atoms with Crippen molar-refractivity contribution in [3.8, 4) is 5.75 Å². The molecule has 0 bridgehead atoms. The van der Waals surface area contributed by atoms with E-state index in [4.69, 9.17) is 9.47 Å². The van der Waals surface area contributed by atoms with Gasteiger partial charge >= 0.3 is 0 Å². The Hall–Kier alpha value is -1.10. The van der Waals surface area contributed by atoms with Gasteiger partial charge in [-0.25, -0.2) is 0 Å². The minimum Gasteiger partial charge on any atom is -0.491 e. The van der Waals surface area contributed by atoms with Crippen LogP contribution in [-0.4, -0.2) is 44.1 Å². The minimum absolute atomic E-state index is 0.288. The summed E-state index contributed by atoms with van der Waals surface area (Å²) >= 11 is 0. The van der Waals surface area contributed by atoms with E-state index >= 15 is 0 Å². The van der Waals surface area contributed by atoms with Crippen molar-refractivity contribution in [3.63, 3.8) is 0 Å². The topological polar surface area (TPSA) is 50.7 Å². The molecule has 0 aromatic heterocycles. The van der Waals surface area contributed by atoms with Gasteiger partial charge in [0.15, 0.2) is 0 Å². The summed E-state index contributed by atoms with van der Waals surface area (Å²) < 4.78 is 10.9. The molecule has 2 N–H and O–H groups in total. The minimum atomic E-state index is -0.526. The summed E-state index contributed by atoms with van der Waals surface area (Å²) in [5.74, 6) is 0.835. The van der Waals surface area contributed by atoms with Gasteiger partial charge in [0.2, 0.25) is 0 Å². The molecular formula is C17H29NO3. The maximum absolute atomic E-state index is 10.0. The van der Waals surface area contributed by atoms with E-state index in [-0.39, 0.29) is 6.04 Å². The van der Waals surface area contributed by atoms with Crippen LogP contribution in [0.25, 0.3) is 0 Å². The SMILES string of the molecule is CCCC(COC)NCC(O)COc1ccc(C)cc1C. The van der Waals surface area contributed by atoms with E-state index in [1.807, 2.05) is 19.1 Å². The van der Waals surface area contributed by atoms with Crippen molar-refractivity contribution in [2.24, 2.45) is 0 Å². The van der Waals surface area contributed by atoms with Crippen molar-refractivity contribution in [3.05, 3.63) is 29.3 Å². The van der Waals surface area contributed by atoms with Gasteiger partial charge in [0.1, 0.15) is 18.5 Å². The smallest absolute Gasteiger partial charge is 0.122 e. The quantitative estimate of drug-likeness (QED) is 0.696. The standard InChI is InChI=1S/C17H29NO3/c1-5-6-15(11-20-4)18-10-16(19)12-21-17-8-7-13(2)9-14(17)3/h7-9,15-16,18-19H,5-6,10-12H2,1-4H3. The van der Waals surface area contributed by atoms with Crippen molar-refractivity contribution < 1.29 is 14.6 Å². The number of aryl methyl sites for hydroxylation is 2. The van der Waals surface area contributed by atoms with E-state index in [0.29, 0.717) is 19.8 Å². The lowest BCUT2D eigenvalue weighted by Gasteiger charge is -2.20. The van der Waals surface area contributed by atoms with Crippen LogP contribution in [-0.2, 0) is 4.74 Å². The molecule has 1 aromatic rings. The zero-order valence-corrected chi connectivity index (χ0v) is 13.7. The Morgan fingerprint density at radius 1 is 1.24 bits per heavy atom. The number of hydrogen-bond acceptors (Lipinski definition) is 4. The second kappa shape index (κ2) is 9.77. The Labute approximate surface area is 128 Å². The third-order valence-corrected chi connectivity index (χ3v) is 3.41. The van der Waals surface area contributed by atoms with Crippen LogP contribution in [0.1, 0.15) is 30.9 Å². The largest absolute Gasteiger partial charge is 0.491 e. The van der Waals surface area contributed by atoms with E-state index in [9.17, 15) is 5.11 Å². The highest BCUT2D eigenvalue weighted by Gasteiger charge is 2.11. The number of rotatable bonds is 10. The number of ether oxygens (including phenoxy) is 2. The second-order valence-electron chi connectivity index (χ2n) is 5.58. The number of hydrogen-bond donors (Lipinski definition) is 2. The number of methoxy groups -OCH3 is 1. The van der Waals surface area contributed by atoms with Gasteiger partial charge in [0.05, 0.1) is 6.61 Å². The van der Waals surface area contributed by atoms with E-state index in [1.165, 1.54) is 5.56 Å². The fourth-order valence-electron chi connectivity index (χ4n) is 2.30. The molecule has 1 aromatic carbocycles. The number of benzene rings is 1. The lowest BCUT2D eigenvalue weighted by Crippen LogP contribution is -2.40. The Morgan fingerprint density at radius 3 is 2.62 bits per heavy atom. The highest BCUT2D eigenvalue weighted by Crippen LogP contribution is 2.18. The first-order chi connectivity index (χ1) is 10.1. The molecule has 120 valence electrons. The van der Waals surface area contributed by atoms with E-state index in [2.05, 4.69) is 25.2 Å². The van der Waals surface area contributed by atoms with Gasteiger partial charge in [-0.05, 0) is 31.9 Å². The normalized spacial score (nSPS) is 14.0. The number of aliphatic hydroxyl groups is 1. The van der Waals surface area contributed by atoms with Crippen LogP contribution in [0.2, 0.25) is 0 Å². The van der Waals surface area contributed by atoms with Crippen LogP contribution in [0.5, 0.6) is 5.75 Å². The van der Waals surface area contributed by atoms with Gasteiger partial charge in [0.25, 0.3) is 0 Å². The molecule has 2 atom stereocenters. The molecule has 0 spiro atoms. The van der Waals surface area contributed by atoms with Crippen molar-refractivity contribution in [1.29, 1.82) is 0 Å². The highest BCUT2D eigenvalue weighted by atomic mass is 16.5. The fourth-order valence-corrected chi connectivity index (χ4v) is 2.30. The summed E-state index contributed by atoms with van der Waals surface area (Å²) in [4.78, 5) is 0. The summed E-state index contributed by atoms with van der Waals surface area (Å²) in [5, 5.41) is 13.3. The monoisotopic (exact) mass is 295 g/mol. The molecule has 0 heterocycles. The summed E-state index contributed by atoms with van der Waals surface area (Å²) in [7, 11) is 1.70. The maximum atomic E-state index is 10.0. The van der Waals surface area contributed by atoms with Crippen molar-refractivity contribution in [2.45, 2.75) is 45.8 Å². The van der Waals surface area contributed by atoms with Crippen LogP contribution in [0, 0.1) is 13.8 Å². The molecular weight excluding hydrogens is 266 g/mol. The number of aliphatic hydroxyl groups excluding tert-OH is 1.